The number of rotatable bonds is 9. The predicted molar refractivity (Wildman–Crippen MR) is 55.1 cm³/mol. The van der Waals surface area contributed by atoms with Crippen molar-refractivity contribution in [2.24, 2.45) is 0 Å². The molecule has 0 aliphatic rings. The highest BCUT2D eigenvalue weighted by molar-refractivity contribution is 5.79. The molecule has 0 aliphatic carbocycles. The van der Waals surface area contributed by atoms with Crippen LogP contribution in [0.2, 0.25) is 0 Å². The predicted octanol–water partition coefficient (Wildman–Crippen LogP) is -2.67. The number of hydrogen-bond acceptors (Lipinski definition) is 8. The van der Waals surface area contributed by atoms with Gasteiger partial charge < -0.3 is 25.5 Å². The summed E-state index contributed by atoms with van der Waals surface area (Å²) >= 11 is 0. The lowest BCUT2D eigenvalue weighted by molar-refractivity contribution is -0.178. The first-order chi connectivity index (χ1) is 8.45. The van der Waals surface area contributed by atoms with Crippen LogP contribution in [0.4, 0.5) is 0 Å². The minimum atomic E-state index is -1.79. The van der Waals surface area contributed by atoms with Crippen molar-refractivity contribution in [1.82, 2.24) is 5.64 Å². The first-order valence-electron chi connectivity index (χ1n) is 4.78. The molecule has 10 heteroatoms. The van der Waals surface area contributed by atoms with Crippen molar-refractivity contribution < 1.29 is 44.8 Å². The summed E-state index contributed by atoms with van der Waals surface area (Å²) in [5, 5.41) is 40.4. The summed E-state index contributed by atoms with van der Waals surface area (Å²) in [5.74, 6) is -2.85. The van der Waals surface area contributed by atoms with E-state index in [-0.39, 0.29) is 26.4 Å². The Hall–Kier alpha value is -1.30. The normalized spacial score (nSPS) is 11.3. The standard InChI is InChI=1S/C4H11NO4.C4H6O5/c6-1-3-8-5-9-4-2-7;5-2(4(8)9)1-3(6)7/h5-7H,1-4H2;2,5H,1H2,(H,6,7)(H,8,9). The highest BCUT2D eigenvalue weighted by Gasteiger charge is 2.16. The minimum Gasteiger partial charge on any atom is -0.481 e. The Kier molecular flexibility index (Phi) is 14.6. The van der Waals surface area contributed by atoms with E-state index in [1.165, 1.54) is 0 Å². The number of hydrogen-bond donors (Lipinski definition) is 6. The summed E-state index contributed by atoms with van der Waals surface area (Å²) in [5.41, 5.74) is 2.07. The van der Waals surface area contributed by atoms with E-state index in [9.17, 15) is 9.59 Å². The summed E-state index contributed by atoms with van der Waals surface area (Å²) < 4.78 is 0. The average Bonchev–Trinajstić information content (AvgIpc) is 2.29. The molecule has 0 aromatic rings. The monoisotopic (exact) mass is 271 g/mol. The van der Waals surface area contributed by atoms with Crippen LogP contribution in [0.3, 0.4) is 0 Å². The Morgan fingerprint density at radius 1 is 1.06 bits per heavy atom. The molecule has 0 amide bonds. The van der Waals surface area contributed by atoms with E-state index in [4.69, 9.17) is 25.5 Å². The third-order valence-electron chi connectivity index (χ3n) is 1.16. The zero-order chi connectivity index (χ0) is 14.4. The lowest BCUT2D eigenvalue weighted by Gasteiger charge is -2.01. The van der Waals surface area contributed by atoms with Gasteiger partial charge in [-0.05, 0) is 0 Å². The molecule has 1 unspecified atom stereocenters. The molecule has 0 bridgehead atoms. The molecule has 0 radical (unpaired) electrons. The maximum atomic E-state index is 9.72. The zero-order valence-corrected chi connectivity index (χ0v) is 9.48. The summed E-state index contributed by atoms with van der Waals surface area (Å²) in [6.45, 7) is 0.224. The molecule has 0 heterocycles. The van der Waals surface area contributed by atoms with Crippen LogP contribution in [-0.2, 0) is 19.3 Å². The number of carboxylic acids is 2. The Morgan fingerprint density at radius 3 is 1.72 bits per heavy atom. The van der Waals surface area contributed by atoms with Gasteiger partial charge in [0.15, 0.2) is 6.10 Å². The van der Waals surface area contributed by atoms with Crippen LogP contribution < -0.4 is 5.64 Å². The van der Waals surface area contributed by atoms with E-state index < -0.39 is 24.5 Å². The maximum Gasteiger partial charge on any atom is 0.333 e. The first-order valence-corrected chi connectivity index (χ1v) is 4.78. The molecule has 10 nitrogen and oxygen atoms in total. The molecule has 0 aromatic heterocycles. The largest absolute Gasteiger partial charge is 0.481 e. The van der Waals surface area contributed by atoms with Crippen molar-refractivity contribution in [3.05, 3.63) is 0 Å². The highest BCUT2D eigenvalue weighted by atomic mass is 16.9. The number of aliphatic carboxylic acids is 2. The van der Waals surface area contributed by atoms with Crippen LogP contribution in [-0.4, -0.2) is 70.0 Å². The number of aliphatic hydroxyl groups is 3. The van der Waals surface area contributed by atoms with Crippen LogP contribution in [0.25, 0.3) is 0 Å². The lowest BCUT2D eigenvalue weighted by atomic mass is 10.3. The van der Waals surface area contributed by atoms with Gasteiger partial charge in [-0.2, -0.15) is 0 Å². The lowest BCUT2D eigenvalue weighted by Crippen LogP contribution is -2.22. The number of carbonyl (C=O) groups is 2. The van der Waals surface area contributed by atoms with Gasteiger partial charge in [-0.3, -0.25) is 14.5 Å². The second-order valence-electron chi connectivity index (χ2n) is 2.68. The van der Waals surface area contributed by atoms with Crippen molar-refractivity contribution in [1.29, 1.82) is 0 Å². The number of nitrogens with one attached hydrogen (secondary N) is 1. The van der Waals surface area contributed by atoms with Gasteiger partial charge in [-0.15, -0.1) is 0 Å². The molecular weight excluding hydrogens is 254 g/mol. The van der Waals surface area contributed by atoms with Crippen LogP contribution in [0, 0.1) is 0 Å². The van der Waals surface area contributed by atoms with Crippen molar-refractivity contribution in [3.8, 4) is 0 Å². The summed E-state index contributed by atoms with van der Waals surface area (Å²) in [6.07, 6.45) is -2.54. The fourth-order valence-corrected chi connectivity index (χ4v) is 0.469. The molecule has 0 rings (SSSR count). The van der Waals surface area contributed by atoms with Gasteiger partial charge in [0.2, 0.25) is 0 Å². The van der Waals surface area contributed by atoms with Gasteiger partial charge in [0.05, 0.1) is 32.8 Å². The Bertz CT molecular complexity index is 217. The van der Waals surface area contributed by atoms with Gasteiger partial charge >= 0.3 is 11.9 Å². The topological polar surface area (TPSA) is 166 Å². The van der Waals surface area contributed by atoms with Crippen LogP contribution >= 0.6 is 0 Å². The van der Waals surface area contributed by atoms with Gasteiger partial charge in [0.25, 0.3) is 0 Å². The SMILES string of the molecule is O=C(O)CC(O)C(=O)O.OCCONOCCO. The second-order valence-corrected chi connectivity index (χ2v) is 2.68. The van der Waals surface area contributed by atoms with Crippen molar-refractivity contribution >= 4 is 11.9 Å². The van der Waals surface area contributed by atoms with Crippen LogP contribution in [0.5, 0.6) is 0 Å². The van der Waals surface area contributed by atoms with Crippen LogP contribution in [0.15, 0.2) is 0 Å². The summed E-state index contributed by atoms with van der Waals surface area (Å²) in [4.78, 5) is 28.3. The quantitative estimate of drug-likeness (QED) is 0.192. The van der Waals surface area contributed by atoms with E-state index in [2.05, 4.69) is 15.3 Å². The van der Waals surface area contributed by atoms with Gasteiger partial charge in [-0.1, -0.05) is 5.64 Å². The molecule has 0 spiro atoms. The Labute approximate surface area is 102 Å². The molecule has 0 aliphatic heterocycles. The third-order valence-corrected chi connectivity index (χ3v) is 1.16. The average molecular weight is 271 g/mol. The number of carboxylic acid groups (broad SMARTS) is 2. The fraction of sp³-hybridized carbons (Fsp3) is 0.750. The molecule has 108 valence electrons. The Morgan fingerprint density at radius 2 is 1.50 bits per heavy atom. The van der Waals surface area contributed by atoms with E-state index in [1.807, 2.05) is 0 Å². The number of aliphatic hydroxyl groups excluding tert-OH is 3. The maximum absolute atomic E-state index is 9.72. The van der Waals surface area contributed by atoms with Crippen molar-refractivity contribution in [3.63, 3.8) is 0 Å². The second kappa shape index (κ2) is 13.8. The molecule has 18 heavy (non-hydrogen) atoms. The van der Waals surface area contributed by atoms with Gasteiger partial charge in [0, 0.05) is 0 Å². The van der Waals surface area contributed by atoms with E-state index >= 15 is 0 Å². The van der Waals surface area contributed by atoms with Crippen molar-refractivity contribution in [2.45, 2.75) is 12.5 Å². The molecule has 6 N–H and O–H groups in total. The highest BCUT2D eigenvalue weighted by Crippen LogP contribution is 1.89. The molecule has 1 atom stereocenters. The molecule has 0 fully saturated rings. The molecule has 0 saturated heterocycles. The summed E-state index contributed by atoms with van der Waals surface area (Å²) in [6, 6.07) is 0. The third kappa shape index (κ3) is 17.1. The molecule has 0 saturated carbocycles. The fourth-order valence-electron chi connectivity index (χ4n) is 0.469. The van der Waals surface area contributed by atoms with Crippen molar-refractivity contribution in [2.75, 3.05) is 26.4 Å². The molecule has 0 aromatic carbocycles. The molecular formula is C8H17NO9. The van der Waals surface area contributed by atoms with Crippen LogP contribution in [0.1, 0.15) is 6.42 Å². The van der Waals surface area contributed by atoms with Gasteiger partial charge in [0.1, 0.15) is 0 Å². The van der Waals surface area contributed by atoms with E-state index in [0.717, 1.165) is 0 Å². The van der Waals surface area contributed by atoms with E-state index in [1.54, 1.807) is 0 Å². The first kappa shape index (κ1) is 19.0. The smallest absolute Gasteiger partial charge is 0.333 e. The van der Waals surface area contributed by atoms with Gasteiger partial charge in [-0.25, -0.2) is 4.79 Å². The minimum absolute atomic E-state index is 0.0600. The zero-order valence-electron chi connectivity index (χ0n) is 9.48. The Balaban J connectivity index is 0. The van der Waals surface area contributed by atoms with E-state index in [0.29, 0.717) is 0 Å². The summed E-state index contributed by atoms with van der Waals surface area (Å²) in [7, 11) is 0.